The van der Waals surface area contributed by atoms with E-state index in [1.54, 1.807) is 0 Å². The number of nitrogens with zero attached hydrogens (tertiary/aromatic N) is 4. The quantitative estimate of drug-likeness (QED) is 0.661. The number of rotatable bonds is 4. The lowest BCUT2D eigenvalue weighted by atomic mass is 10.0. The summed E-state index contributed by atoms with van der Waals surface area (Å²) in [4.78, 5) is 13.5. The van der Waals surface area contributed by atoms with Crippen molar-refractivity contribution in [3.63, 3.8) is 0 Å². The van der Waals surface area contributed by atoms with Gasteiger partial charge in [0.2, 0.25) is 0 Å². The molecule has 0 aromatic heterocycles. The van der Waals surface area contributed by atoms with Crippen molar-refractivity contribution in [2.24, 2.45) is 4.99 Å². The van der Waals surface area contributed by atoms with Crippen LogP contribution in [0.1, 0.15) is 32.1 Å². The van der Waals surface area contributed by atoms with E-state index in [0.29, 0.717) is 0 Å². The van der Waals surface area contributed by atoms with Crippen molar-refractivity contribution in [2.45, 2.75) is 37.0 Å². The van der Waals surface area contributed by atoms with Crippen molar-refractivity contribution >= 4 is 35.4 Å². The fourth-order valence-corrected chi connectivity index (χ4v) is 5.46. The first-order valence-corrected chi connectivity index (χ1v) is 12.6. The average molecular weight is 450 g/mol. The topological polar surface area (TPSA) is 34.1 Å². The molecule has 32 heavy (non-hydrogen) atoms. The number of benzene rings is 1. The van der Waals surface area contributed by atoms with Crippen LogP contribution in [0.2, 0.25) is 0 Å². The molecule has 0 bridgehead atoms. The van der Waals surface area contributed by atoms with Gasteiger partial charge in [0.25, 0.3) is 0 Å². The van der Waals surface area contributed by atoms with Gasteiger partial charge in [0, 0.05) is 62.1 Å². The van der Waals surface area contributed by atoms with Gasteiger partial charge >= 0.3 is 0 Å². The minimum Gasteiger partial charge on any atom is -0.372 e. The summed E-state index contributed by atoms with van der Waals surface area (Å²) >= 11 is 4.94. The van der Waals surface area contributed by atoms with Gasteiger partial charge in [0.05, 0.1) is 11.4 Å². The van der Waals surface area contributed by atoms with Crippen molar-refractivity contribution in [3.05, 3.63) is 48.2 Å². The number of likely N-dealkylation sites (tertiary alicyclic amines) is 1. The lowest BCUT2D eigenvalue weighted by molar-refractivity contribution is 0.440. The molecule has 0 atom stereocenters. The second-order valence-electron chi connectivity index (χ2n) is 9.24. The van der Waals surface area contributed by atoms with E-state index in [2.05, 4.69) is 57.0 Å². The fraction of sp³-hybridized carbons (Fsp3) is 0.500. The van der Waals surface area contributed by atoms with Crippen LogP contribution in [0.4, 0.5) is 17.1 Å². The van der Waals surface area contributed by atoms with Gasteiger partial charge < -0.3 is 20.0 Å². The predicted molar refractivity (Wildman–Crippen MR) is 139 cm³/mol. The zero-order valence-corrected chi connectivity index (χ0v) is 19.9. The zero-order chi connectivity index (χ0) is 21.9. The Morgan fingerprint density at radius 1 is 0.812 bits per heavy atom. The maximum atomic E-state index is 5.14. The molecule has 170 valence electrons. The number of nitrogens with one attached hydrogen (secondary N) is 1. The highest BCUT2D eigenvalue weighted by Crippen LogP contribution is 2.41. The van der Waals surface area contributed by atoms with Crippen LogP contribution in [-0.2, 0) is 0 Å². The second kappa shape index (κ2) is 9.75. The normalized spacial score (nSPS) is 23.3. The summed E-state index contributed by atoms with van der Waals surface area (Å²) in [5, 5.41) is 3.53. The minimum atomic E-state index is 0.936. The third-order valence-electron chi connectivity index (χ3n) is 6.97. The smallest absolute Gasteiger partial charge is 0.100 e. The lowest BCUT2D eigenvalue weighted by Gasteiger charge is -2.28. The SMILES string of the molecule is C=C1C=C(N2CCCC2)C=CC1=Nc1c(S)cc(N2CCCC2)cc1N1CCCNCC1. The minimum absolute atomic E-state index is 0.936. The van der Waals surface area contributed by atoms with Crippen molar-refractivity contribution < 1.29 is 0 Å². The Kier molecular flexibility index (Phi) is 6.60. The second-order valence-corrected chi connectivity index (χ2v) is 9.72. The number of allylic oxidation sites excluding steroid dienone is 4. The van der Waals surface area contributed by atoms with E-state index in [9.17, 15) is 0 Å². The number of hydrogen-bond acceptors (Lipinski definition) is 6. The van der Waals surface area contributed by atoms with E-state index in [0.717, 1.165) is 80.6 Å². The van der Waals surface area contributed by atoms with Gasteiger partial charge in [-0.25, -0.2) is 4.99 Å². The molecular weight excluding hydrogens is 414 g/mol. The molecular formula is C26H35N5S. The van der Waals surface area contributed by atoms with Crippen LogP contribution < -0.4 is 15.1 Å². The molecule has 3 fully saturated rings. The third kappa shape index (κ3) is 4.62. The molecule has 1 aliphatic carbocycles. The van der Waals surface area contributed by atoms with Crippen molar-refractivity contribution in [2.75, 3.05) is 62.2 Å². The molecule has 4 aliphatic rings. The Morgan fingerprint density at radius 3 is 2.28 bits per heavy atom. The van der Waals surface area contributed by atoms with Gasteiger partial charge in [-0.1, -0.05) is 6.58 Å². The zero-order valence-electron chi connectivity index (χ0n) is 19.0. The van der Waals surface area contributed by atoms with Crippen LogP contribution in [-0.4, -0.2) is 63.0 Å². The molecule has 5 nitrogen and oxygen atoms in total. The molecule has 3 aliphatic heterocycles. The highest BCUT2D eigenvalue weighted by molar-refractivity contribution is 7.80. The summed E-state index contributed by atoms with van der Waals surface area (Å²) in [5.74, 6) is 0. The monoisotopic (exact) mass is 449 g/mol. The maximum absolute atomic E-state index is 5.14. The van der Waals surface area contributed by atoms with E-state index in [1.807, 2.05) is 0 Å². The molecule has 5 rings (SSSR count). The first-order valence-electron chi connectivity index (χ1n) is 12.2. The molecule has 1 aromatic rings. The van der Waals surface area contributed by atoms with E-state index in [1.165, 1.54) is 42.8 Å². The molecule has 1 aromatic carbocycles. The Labute approximate surface area is 198 Å². The van der Waals surface area contributed by atoms with Crippen molar-refractivity contribution in [1.29, 1.82) is 0 Å². The van der Waals surface area contributed by atoms with Gasteiger partial charge in [-0.15, -0.1) is 12.6 Å². The van der Waals surface area contributed by atoms with Crippen LogP contribution in [0.3, 0.4) is 0 Å². The summed E-state index contributed by atoms with van der Waals surface area (Å²) in [7, 11) is 0. The molecule has 0 amide bonds. The Hall–Kier alpha value is -2.18. The van der Waals surface area contributed by atoms with E-state index < -0.39 is 0 Å². The largest absolute Gasteiger partial charge is 0.372 e. The lowest BCUT2D eigenvalue weighted by Crippen LogP contribution is -2.28. The van der Waals surface area contributed by atoms with E-state index in [4.69, 9.17) is 17.6 Å². The van der Waals surface area contributed by atoms with Crippen LogP contribution in [0, 0.1) is 0 Å². The number of thiol groups is 1. The third-order valence-corrected chi connectivity index (χ3v) is 7.31. The van der Waals surface area contributed by atoms with Crippen LogP contribution in [0.25, 0.3) is 0 Å². The first kappa shape index (κ1) is 21.7. The van der Waals surface area contributed by atoms with Crippen molar-refractivity contribution in [1.82, 2.24) is 10.2 Å². The molecule has 6 heteroatoms. The maximum Gasteiger partial charge on any atom is 0.100 e. The predicted octanol–water partition coefficient (Wildman–Crippen LogP) is 4.55. The number of hydrogen-bond donors (Lipinski definition) is 2. The molecule has 0 spiro atoms. The van der Waals surface area contributed by atoms with Gasteiger partial charge in [-0.2, -0.15) is 0 Å². The van der Waals surface area contributed by atoms with E-state index in [-0.39, 0.29) is 0 Å². The molecule has 0 radical (unpaired) electrons. The summed E-state index contributed by atoms with van der Waals surface area (Å²) in [5.41, 5.74) is 6.63. The summed E-state index contributed by atoms with van der Waals surface area (Å²) in [6, 6.07) is 4.55. The van der Waals surface area contributed by atoms with Gasteiger partial charge in [0.15, 0.2) is 0 Å². The van der Waals surface area contributed by atoms with Crippen LogP contribution >= 0.6 is 12.6 Å². The number of aliphatic imine (C=N–C) groups is 1. The van der Waals surface area contributed by atoms with Gasteiger partial charge in [-0.05, 0) is 74.6 Å². The summed E-state index contributed by atoms with van der Waals surface area (Å²) in [6.45, 7) is 13.0. The summed E-state index contributed by atoms with van der Waals surface area (Å²) < 4.78 is 0. The highest BCUT2D eigenvalue weighted by atomic mass is 32.1. The molecule has 0 saturated carbocycles. The van der Waals surface area contributed by atoms with E-state index >= 15 is 0 Å². The Balaban J connectivity index is 1.49. The standard InChI is InChI=1S/C26H35N5S/c1-20-17-21(29-11-2-3-12-29)7-8-23(20)28-26-24(31-15-6-9-27-10-16-31)18-22(19-25(26)32)30-13-4-5-14-30/h7-8,17-19,27,32H,1-6,9-16H2. The molecule has 3 heterocycles. The molecule has 0 unspecified atom stereocenters. The van der Waals surface area contributed by atoms with Crippen molar-refractivity contribution in [3.8, 4) is 0 Å². The Bertz CT molecular complexity index is 943. The number of anilines is 2. The van der Waals surface area contributed by atoms with Crippen LogP contribution in [0.15, 0.2) is 58.1 Å². The van der Waals surface area contributed by atoms with Crippen LogP contribution in [0.5, 0.6) is 0 Å². The highest BCUT2D eigenvalue weighted by Gasteiger charge is 2.22. The average Bonchev–Trinajstić information content (AvgIpc) is 3.47. The molecule has 1 N–H and O–H groups in total. The van der Waals surface area contributed by atoms with Gasteiger partial charge in [-0.3, -0.25) is 0 Å². The fourth-order valence-electron chi connectivity index (χ4n) is 5.16. The van der Waals surface area contributed by atoms with Gasteiger partial charge in [0.1, 0.15) is 5.69 Å². The molecule has 3 saturated heterocycles. The Morgan fingerprint density at radius 2 is 1.53 bits per heavy atom. The summed E-state index contributed by atoms with van der Waals surface area (Å²) in [6.07, 6.45) is 12.8. The first-order chi connectivity index (χ1) is 15.7.